The van der Waals surface area contributed by atoms with Crippen LogP contribution < -0.4 is 10.1 Å². The van der Waals surface area contributed by atoms with Gasteiger partial charge in [-0.2, -0.15) is 0 Å². The maximum absolute atomic E-state index is 5.73. The Morgan fingerprint density at radius 1 is 1.39 bits per heavy atom. The maximum Gasteiger partial charge on any atom is 0.176 e. The molecule has 1 saturated heterocycles. The van der Waals surface area contributed by atoms with Crippen molar-refractivity contribution >= 4 is 11.0 Å². The molecule has 2 heterocycles. The minimum Gasteiger partial charge on any atom is -0.493 e. The molecule has 2 aromatic rings. The van der Waals surface area contributed by atoms with Crippen LogP contribution in [0, 0.1) is 6.92 Å². The van der Waals surface area contributed by atoms with Gasteiger partial charge in [0, 0.05) is 11.9 Å². The summed E-state index contributed by atoms with van der Waals surface area (Å²) in [6.07, 6.45) is 0. The zero-order valence-electron chi connectivity index (χ0n) is 10.7. The molecule has 1 aliphatic heterocycles. The fourth-order valence-electron chi connectivity index (χ4n) is 2.47. The van der Waals surface area contributed by atoms with Crippen LogP contribution in [0.15, 0.2) is 22.6 Å². The van der Waals surface area contributed by atoms with Crippen LogP contribution in [0.1, 0.15) is 17.4 Å². The molecule has 3 rings (SSSR count). The van der Waals surface area contributed by atoms with E-state index in [9.17, 15) is 0 Å². The molecule has 0 radical (unpaired) electrons. The summed E-state index contributed by atoms with van der Waals surface area (Å²) in [5.41, 5.74) is 2.03. The molecule has 96 valence electrons. The molecule has 0 spiro atoms. The van der Waals surface area contributed by atoms with Crippen LogP contribution in [-0.4, -0.2) is 26.9 Å². The van der Waals surface area contributed by atoms with Gasteiger partial charge in [-0.3, -0.25) is 0 Å². The van der Waals surface area contributed by atoms with Gasteiger partial charge in [-0.15, -0.1) is 0 Å². The largest absolute Gasteiger partial charge is 0.493 e. The Hall–Kier alpha value is -1.52. The zero-order valence-corrected chi connectivity index (χ0v) is 10.7. The van der Waals surface area contributed by atoms with Crippen molar-refractivity contribution in [3.8, 4) is 5.75 Å². The monoisotopic (exact) mass is 247 g/mol. The third-order valence-electron chi connectivity index (χ3n) is 3.32. The van der Waals surface area contributed by atoms with E-state index in [0.29, 0.717) is 6.61 Å². The Balaban J connectivity index is 2.11. The number of ether oxygens (including phenoxy) is 2. The molecule has 4 nitrogen and oxygen atoms in total. The first-order valence-electron chi connectivity index (χ1n) is 6.18. The summed E-state index contributed by atoms with van der Waals surface area (Å²) in [4.78, 5) is 0. The van der Waals surface area contributed by atoms with E-state index in [1.165, 1.54) is 5.56 Å². The molecule has 1 fully saturated rings. The van der Waals surface area contributed by atoms with Crippen molar-refractivity contribution < 1.29 is 13.9 Å². The molecule has 1 aliphatic rings. The molecule has 4 heteroatoms. The maximum atomic E-state index is 5.73. The Labute approximate surface area is 106 Å². The highest BCUT2D eigenvalue weighted by molar-refractivity contribution is 5.87. The smallest absolute Gasteiger partial charge is 0.176 e. The van der Waals surface area contributed by atoms with Gasteiger partial charge in [0.2, 0.25) is 0 Å². The number of nitrogens with one attached hydrogen (secondary N) is 1. The average molecular weight is 247 g/mol. The number of aryl methyl sites for hydroxylation is 1. The van der Waals surface area contributed by atoms with E-state index >= 15 is 0 Å². The molecule has 1 atom stereocenters. The predicted molar refractivity (Wildman–Crippen MR) is 69.1 cm³/mol. The summed E-state index contributed by atoms with van der Waals surface area (Å²) in [7, 11) is 1.66. The SMILES string of the molecule is COc1ccc(C2COCCN2)c2cc(C)oc12. The van der Waals surface area contributed by atoms with E-state index in [-0.39, 0.29) is 6.04 Å². The van der Waals surface area contributed by atoms with E-state index in [4.69, 9.17) is 13.9 Å². The van der Waals surface area contributed by atoms with Crippen molar-refractivity contribution in [2.45, 2.75) is 13.0 Å². The normalized spacial score (nSPS) is 20.2. The number of rotatable bonds is 2. The van der Waals surface area contributed by atoms with Crippen molar-refractivity contribution in [2.24, 2.45) is 0 Å². The molecule has 0 aliphatic carbocycles. The van der Waals surface area contributed by atoms with Gasteiger partial charge < -0.3 is 19.2 Å². The van der Waals surface area contributed by atoms with E-state index in [1.54, 1.807) is 7.11 Å². The van der Waals surface area contributed by atoms with Crippen LogP contribution in [0.25, 0.3) is 11.0 Å². The molecule has 1 unspecified atom stereocenters. The number of furan rings is 1. The Kier molecular flexibility index (Phi) is 2.97. The second-order valence-electron chi connectivity index (χ2n) is 4.54. The molecule has 1 aromatic heterocycles. The van der Waals surface area contributed by atoms with Crippen LogP contribution in [-0.2, 0) is 4.74 Å². The zero-order chi connectivity index (χ0) is 12.5. The summed E-state index contributed by atoms with van der Waals surface area (Å²) in [6.45, 7) is 4.31. The van der Waals surface area contributed by atoms with Gasteiger partial charge in [0.1, 0.15) is 5.76 Å². The Morgan fingerprint density at radius 3 is 3.00 bits per heavy atom. The van der Waals surface area contributed by atoms with Crippen molar-refractivity contribution in [3.05, 3.63) is 29.5 Å². The van der Waals surface area contributed by atoms with Gasteiger partial charge in [-0.25, -0.2) is 0 Å². The topological polar surface area (TPSA) is 43.6 Å². The highest BCUT2D eigenvalue weighted by Gasteiger charge is 2.20. The average Bonchev–Trinajstić information content (AvgIpc) is 2.80. The minimum atomic E-state index is 0.226. The first-order valence-corrected chi connectivity index (χ1v) is 6.18. The van der Waals surface area contributed by atoms with Gasteiger partial charge in [-0.05, 0) is 24.6 Å². The molecular weight excluding hydrogens is 230 g/mol. The fraction of sp³-hybridized carbons (Fsp3) is 0.429. The van der Waals surface area contributed by atoms with Crippen molar-refractivity contribution in [2.75, 3.05) is 26.9 Å². The molecule has 1 aromatic carbocycles. The summed E-state index contributed by atoms with van der Waals surface area (Å²) < 4.78 is 16.6. The number of fused-ring (bicyclic) bond motifs is 1. The minimum absolute atomic E-state index is 0.226. The van der Waals surface area contributed by atoms with Gasteiger partial charge in [0.25, 0.3) is 0 Å². The van der Waals surface area contributed by atoms with Crippen LogP contribution >= 0.6 is 0 Å². The number of methoxy groups -OCH3 is 1. The molecule has 0 saturated carbocycles. The summed E-state index contributed by atoms with van der Waals surface area (Å²) in [6, 6.07) is 6.33. The number of hydrogen-bond acceptors (Lipinski definition) is 4. The number of hydrogen-bond donors (Lipinski definition) is 1. The third kappa shape index (κ3) is 1.87. The number of benzene rings is 1. The lowest BCUT2D eigenvalue weighted by Crippen LogP contribution is -2.34. The Morgan fingerprint density at radius 2 is 2.28 bits per heavy atom. The molecule has 18 heavy (non-hydrogen) atoms. The third-order valence-corrected chi connectivity index (χ3v) is 3.32. The number of morpholine rings is 1. The summed E-state index contributed by atoms with van der Waals surface area (Å²) >= 11 is 0. The highest BCUT2D eigenvalue weighted by Crippen LogP contribution is 2.34. The molecule has 0 bridgehead atoms. The first-order chi connectivity index (χ1) is 8.79. The van der Waals surface area contributed by atoms with Crippen molar-refractivity contribution in [1.29, 1.82) is 0 Å². The highest BCUT2D eigenvalue weighted by atomic mass is 16.5. The fourth-order valence-corrected chi connectivity index (χ4v) is 2.47. The standard InChI is InChI=1S/C14H17NO3/c1-9-7-11-10(12-8-17-6-5-15-12)3-4-13(16-2)14(11)18-9/h3-4,7,12,15H,5-6,8H2,1-2H3. The molecular formula is C14H17NO3. The quantitative estimate of drug-likeness (QED) is 0.885. The van der Waals surface area contributed by atoms with E-state index < -0.39 is 0 Å². The van der Waals surface area contributed by atoms with Gasteiger partial charge in [0.15, 0.2) is 11.3 Å². The summed E-state index contributed by atoms with van der Waals surface area (Å²) in [5.74, 6) is 1.67. The lowest BCUT2D eigenvalue weighted by atomic mass is 10.0. The van der Waals surface area contributed by atoms with E-state index in [1.807, 2.05) is 13.0 Å². The molecule has 0 amide bonds. The lowest BCUT2D eigenvalue weighted by molar-refractivity contribution is 0.0773. The van der Waals surface area contributed by atoms with Crippen LogP contribution in [0.4, 0.5) is 0 Å². The predicted octanol–water partition coefficient (Wildman–Crippen LogP) is 2.41. The van der Waals surface area contributed by atoms with Gasteiger partial charge in [0.05, 0.1) is 26.4 Å². The lowest BCUT2D eigenvalue weighted by Gasteiger charge is -2.24. The first kappa shape index (κ1) is 11.6. The van der Waals surface area contributed by atoms with Crippen LogP contribution in [0.5, 0.6) is 5.75 Å². The van der Waals surface area contributed by atoms with E-state index in [2.05, 4.69) is 17.4 Å². The second-order valence-corrected chi connectivity index (χ2v) is 4.54. The van der Waals surface area contributed by atoms with Gasteiger partial charge >= 0.3 is 0 Å². The van der Waals surface area contributed by atoms with Crippen LogP contribution in [0.3, 0.4) is 0 Å². The van der Waals surface area contributed by atoms with Gasteiger partial charge in [-0.1, -0.05) is 6.07 Å². The Bertz CT molecular complexity index is 555. The summed E-state index contributed by atoms with van der Waals surface area (Å²) in [5, 5.41) is 4.57. The second kappa shape index (κ2) is 4.63. The molecule has 1 N–H and O–H groups in total. The van der Waals surface area contributed by atoms with E-state index in [0.717, 1.165) is 35.6 Å². The van der Waals surface area contributed by atoms with Crippen LogP contribution in [0.2, 0.25) is 0 Å². The van der Waals surface area contributed by atoms with Crippen molar-refractivity contribution in [1.82, 2.24) is 5.32 Å². The van der Waals surface area contributed by atoms with Crippen molar-refractivity contribution in [3.63, 3.8) is 0 Å².